The molecule has 2 aromatic carbocycles. The van der Waals surface area contributed by atoms with Gasteiger partial charge in [-0.15, -0.1) is 0 Å². The van der Waals surface area contributed by atoms with Gasteiger partial charge in [-0.05, 0) is 32.0 Å². The lowest BCUT2D eigenvalue weighted by atomic mass is 10.1. The number of benzene rings is 2. The van der Waals surface area contributed by atoms with Crippen molar-refractivity contribution in [2.45, 2.75) is 23.1 Å². The van der Waals surface area contributed by atoms with Crippen LogP contribution in [0.25, 0.3) is 0 Å². The molecule has 7 heteroatoms. The smallest absolute Gasteiger partial charge is 0.175 e. The van der Waals surface area contributed by atoms with Crippen LogP contribution in [-0.4, -0.2) is 44.2 Å². The molecule has 27 heavy (non-hydrogen) atoms. The van der Waals surface area contributed by atoms with E-state index in [0.29, 0.717) is 6.54 Å². The summed E-state index contributed by atoms with van der Waals surface area (Å²) in [6.07, 6.45) is 0.815. The highest BCUT2D eigenvalue weighted by molar-refractivity contribution is 7.99. The Morgan fingerprint density at radius 3 is 2.52 bits per heavy atom. The summed E-state index contributed by atoms with van der Waals surface area (Å²) >= 11 is 1.10. The summed E-state index contributed by atoms with van der Waals surface area (Å²) in [4.78, 5) is 5.04. The molecular formula is C20H22F3N3S. The van der Waals surface area contributed by atoms with Crippen LogP contribution < -0.4 is 10.2 Å². The molecule has 0 saturated carbocycles. The SMILES string of the molecule is Cc1c(F)c(F)c2c(c1F)N(CCCN1CCNCC1)c1ccccc1S2. The molecule has 0 bridgehead atoms. The topological polar surface area (TPSA) is 18.5 Å². The summed E-state index contributed by atoms with van der Waals surface area (Å²) in [5, 5.41) is 3.32. The summed E-state index contributed by atoms with van der Waals surface area (Å²) in [7, 11) is 0. The molecule has 2 heterocycles. The molecule has 3 nitrogen and oxygen atoms in total. The molecule has 0 unspecified atom stereocenters. The van der Waals surface area contributed by atoms with Crippen molar-refractivity contribution in [1.29, 1.82) is 0 Å². The lowest BCUT2D eigenvalue weighted by Crippen LogP contribution is -2.44. The summed E-state index contributed by atoms with van der Waals surface area (Å²) < 4.78 is 43.7. The van der Waals surface area contributed by atoms with Crippen molar-refractivity contribution >= 4 is 23.1 Å². The van der Waals surface area contributed by atoms with Gasteiger partial charge in [0.2, 0.25) is 0 Å². The maximum Gasteiger partial charge on any atom is 0.175 e. The zero-order chi connectivity index (χ0) is 19.0. The number of hydrogen-bond acceptors (Lipinski definition) is 4. The minimum Gasteiger partial charge on any atom is -0.337 e. The summed E-state index contributed by atoms with van der Waals surface area (Å²) in [5.74, 6) is -2.73. The number of nitrogens with one attached hydrogen (secondary N) is 1. The number of hydrogen-bond donors (Lipinski definition) is 1. The molecule has 0 aromatic heterocycles. The van der Waals surface area contributed by atoms with Gasteiger partial charge >= 0.3 is 0 Å². The Hall–Kier alpha value is -1.70. The van der Waals surface area contributed by atoms with Crippen LogP contribution in [0.4, 0.5) is 24.5 Å². The molecule has 2 aliphatic heterocycles. The first-order chi connectivity index (χ1) is 13.1. The van der Waals surface area contributed by atoms with Crippen molar-refractivity contribution in [2.75, 3.05) is 44.2 Å². The highest BCUT2D eigenvalue weighted by Gasteiger charge is 2.32. The molecule has 4 rings (SSSR count). The number of rotatable bonds is 4. The van der Waals surface area contributed by atoms with Crippen molar-refractivity contribution in [3.8, 4) is 0 Å². The molecule has 0 spiro atoms. The van der Waals surface area contributed by atoms with Gasteiger partial charge in [0.1, 0.15) is 0 Å². The van der Waals surface area contributed by atoms with Gasteiger partial charge in [-0.2, -0.15) is 0 Å². The second-order valence-electron chi connectivity index (χ2n) is 6.91. The van der Waals surface area contributed by atoms with E-state index in [1.165, 1.54) is 6.92 Å². The van der Waals surface area contributed by atoms with E-state index in [2.05, 4.69) is 10.2 Å². The van der Waals surface area contributed by atoms with E-state index >= 15 is 0 Å². The third-order valence-corrected chi connectivity index (χ3v) is 6.32. The Morgan fingerprint density at radius 2 is 1.74 bits per heavy atom. The summed E-state index contributed by atoms with van der Waals surface area (Å²) in [6, 6.07) is 7.51. The number of halogens is 3. The first-order valence-electron chi connectivity index (χ1n) is 9.22. The average Bonchev–Trinajstić information content (AvgIpc) is 2.71. The molecule has 144 valence electrons. The van der Waals surface area contributed by atoms with E-state index in [1.807, 2.05) is 29.2 Å². The third-order valence-electron chi connectivity index (χ3n) is 5.18. The first kappa shape index (κ1) is 18.7. The Labute approximate surface area is 161 Å². The predicted molar refractivity (Wildman–Crippen MR) is 103 cm³/mol. The molecule has 2 aromatic rings. The van der Waals surface area contributed by atoms with Gasteiger partial charge in [-0.3, -0.25) is 0 Å². The molecule has 1 N–H and O–H groups in total. The standard InChI is InChI=1S/C20H22F3N3S/c1-13-16(21)18(23)20-19(17(13)22)26(14-5-2-3-6-15(14)27-20)10-4-9-25-11-7-24-8-12-25/h2-3,5-6,24H,4,7-12H2,1H3. The van der Waals surface area contributed by atoms with Crippen molar-refractivity contribution < 1.29 is 13.2 Å². The fourth-order valence-electron chi connectivity index (χ4n) is 3.69. The molecular weight excluding hydrogens is 371 g/mol. The third kappa shape index (κ3) is 3.44. The minimum absolute atomic E-state index is 0.0384. The first-order valence-corrected chi connectivity index (χ1v) is 10.0. The monoisotopic (exact) mass is 393 g/mol. The largest absolute Gasteiger partial charge is 0.337 e. The number of para-hydroxylation sites is 1. The molecule has 2 aliphatic rings. The quantitative estimate of drug-likeness (QED) is 0.780. The molecule has 1 saturated heterocycles. The van der Waals surface area contributed by atoms with Gasteiger partial charge < -0.3 is 15.1 Å². The Balaban J connectivity index is 1.66. The molecule has 0 radical (unpaired) electrons. The Bertz CT molecular complexity index is 853. The lowest BCUT2D eigenvalue weighted by Gasteiger charge is -2.34. The summed E-state index contributed by atoms with van der Waals surface area (Å²) in [5.41, 5.74) is 0.744. The maximum absolute atomic E-state index is 15.0. The van der Waals surface area contributed by atoms with E-state index in [9.17, 15) is 13.2 Å². The number of anilines is 2. The zero-order valence-electron chi connectivity index (χ0n) is 15.2. The highest BCUT2D eigenvalue weighted by atomic mass is 32.2. The fraction of sp³-hybridized carbons (Fsp3) is 0.400. The van der Waals surface area contributed by atoms with Gasteiger partial charge in [-0.25, -0.2) is 13.2 Å². The fourth-order valence-corrected chi connectivity index (χ4v) is 4.82. The molecule has 0 amide bonds. The van der Waals surface area contributed by atoms with E-state index in [-0.39, 0.29) is 16.1 Å². The van der Waals surface area contributed by atoms with Crippen LogP contribution in [0.2, 0.25) is 0 Å². The van der Waals surface area contributed by atoms with E-state index in [0.717, 1.165) is 61.5 Å². The van der Waals surface area contributed by atoms with Crippen molar-refractivity contribution in [3.63, 3.8) is 0 Å². The van der Waals surface area contributed by atoms with Crippen LogP contribution >= 0.6 is 11.8 Å². The van der Waals surface area contributed by atoms with Crippen LogP contribution in [0.15, 0.2) is 34.1 Å². The van der Waals surface area contributed by atoms with Crippen molar-refractivity contribution in [1.82, 2.24) is 10.2 Å². The average molecular weight is 393 g/mol. The van der Waals surface area contributed by atoms with E-state index in [4.69, 9.17) is 0 Å². The minimum atomic E-state index is -1.10. The van der Waals surface area contributed by atoms with Crippen molar-refractivity contribution in [3.05, 3.63) is 47.3 Å². The molecule has 0 aliphatic carbocycles. The lowest BCUT2D eigenvalue weighted by molar-refractivity contribution is 0.239. The van der Waals surface area contributed by atoms with Crippen molar-refractivity contribution in [2.24, 2.45) is 0 Å². The normalized spacial score (nSPS) is 17.0. The number of nitrogens with zero attached hydrogens (tertiary/aromatic N) is 2. The maximum atomic E-state index is 15.0. The Kier molecular flexibility index (Phi) is 5.34. The van der Waals surface area contributed by atoms with Crippen LogP contribution in [0.1, 0.15) is 12.0 Å². The molecule has 1 fully saturated rings. The summed E-state index contributed by atoms with van der Waals surface area (Å²) in [6.45, 7) is 6.68. The second-order valence-corrected chi connectivity index (χ2v) is 7.96. The van der Waals surface area contributed by atoms with E-state index < -0.39 is 17.5 Å². The van der Waals surface area contributed by atoms with Crippen LogP contribution in [0, 0.1) is 24.4 Å². The van der Waals surface area contributed by atoms with Crippen LogP contribution in [-0.2, 0) is 0 Å². The van der Waals surface area contributed by atoms with E-state index in [1.54, 1.807) is 0 Å². The highest BCUT2D eigenvalue weighted by Crippen LogP contribution is 2.51. The number of piperazine rings is 1. The van der Waals surface area contributed by atoms with Gasteiger partial charge in [-0.1, -0.05) is 23.9 Å². The van der Waals surface area contributed by atoms with Crippen LogP contribution in [0.5, 0.6) is 0 Å². The van der Waals surface area contributed by atoms with Gasteiger partial charge in [0.15, 0.2) is 17.5 Å². The predicted octanol–water partition coefficient (Wildman–Crippen LogP) is 4.31. The van der Waals surface area contributed by atoms with Gasteiger partial charge in [0, 0.05) is 43.2 Å². The van der Waals surface area contributed by atoms with Gasteiger partial charge in [0.25, 0.3) is 0 Å². The Morgan fingerprint density at radius 1 is 1.00 bits per heavy atom. The molecule has 0 atom stereocenters. The number of fused-ring (bicyclic) bond motifs is 2. The zero-order valence-corrected chi connectivity index (χ0v) is 16.0. The second kappa shape index (κ2) is 7.73. The van der Waals surface area contributed by atoms with Gasteiger partial charge in [0.05, 0.1) is 16.3 Å². The van der Waals surface area contributed by atoms with Crippen LogP contribution in [0.3, 0.4) is 0 Å².